The van der Waals surface area contributed by atoms with Crippen LogP contribution in [0.25, 0.3) is 16.9 Å². The largest absolute Gasteiger partial charge is 0.435 e. The van der Waals surface area contributed by atoms with Crippen molar-refractivity contribution in [1.29, 1.82) is 5.26 Å². The Morgan fingerprint density at radius 1 is 1.22 bits per heavy atom. The first-order chi connectivity index (χ1) is 21.6. The molecular formula is C29H31F3N10O3. The summed E-state index contributed by atoms with van der Waals surface area (Å²) < 4.78 is 43.6. The van der Waals surface area contributed by atoms with Crippen molar-refractivity contribution in [2.45, 2.75) is 51.1 Å². The van der Waals surface area contributed by atoms with Crippen LogP contribution in [0.3, 0.4) is 0 Å². The molecule has 0 aliphatic carbocycles. The highest BCUT2D eigenvalue weighted by atomic mass is 19.4. The van der Waals surface area contributed by atoms with E-state index in [2.05, 4.69) is 36.3 Å². The summed E-state index contributed by atoms with van der Waals surface area (Å²) in [6, 6.07) is 6.54. The maximum atomic E-state index is 13.8. The van der Waals surface area contributed by atoms with E-state index in [-0.39, 0.29) is 41.1 Å². The molecule has 2 amide bonds. The van der Waals surface area contributed by atoms with E-state index in [4.69, 9.17) is 5.26 Å². The van der Waals surface area contributed by atoms with Crippen molar-refractivity contribution in [2.24, 2.45) is 0 Å². The summed E-state index contributed by atoms with van der Waals surface area (Å²) in [6.45, 7) is 2.69. The van der Waals surface area contributed by atoms with Gasteiger partial charge in [0, 0.05) is 49.5 Å². The van der Waals surface area contributed by atoms with Gasteiger partial charge in [0.05, 0.1) is 35.7 Å². The van der Waals surface area contributed by atoms with Crippen LogP contribution in [-0.2, 0) is 23.9 Å². The number of hydrogen-bond acceptors (Lipinski definition) is 9. The Labute approximate surface area is 255 Å². The van der Waals surface area contributed by atoms with Gasteiger partial charge in [-0.15, -0.1) is 0 Å². The summed E-state index contributed by atoms with van der Waals surface area (Å²) in [5.74, 6) is -0.157. The van der Waals surface area contributed by atoms with Crippen molar-refractivity contribution in [3.8, 4) is 17.3 Å². The van der Waals surface area contributed by atoms with Gasteiger partial charge in [0.1, 0.15) is 6.54 Å². The van der Waals surface area contributed by atoms with Crippen LogP contribution >= 0.6 is 0 Å². The third-order valence-corrected chi connectivity index (χ3v) is 7.32. The number of aliphatic hydroxyl groups excluding tert-OH is 1. The predicted octanol–water partition coefficient (Wildman–Crippen LogP) is 2.40. The molecule has 0 saturated carbocycles. The zero-order chi connectivity index (χ0) is 32.1. The van der Waals surface area contributed by atoms with Crippen LogP contribution in [0.15, 0.2) is 43.0 Å². The number of anilines is 2. The summed E-state index contributed by atoms with van der Waals surface area (Å²) >= 11 is 0. The number of aromatic nitrogens is 5. The number of amides is 2. The number of aliphatic hydroxyl groups is 1. The zero-order valence-electron chi connectivity index (χ0n) is 24.2. The molecule has 16 heteroatoms. The molecule has 0 bridgehead atoms. The molecule has 4 aromatic rings. The monoisotopic (exact) mass is 624 g/mol. The van der Waals surface area contributed by atoms with Crippen LogP contribution in [0.5, 0.6) is 0 Å². The second kappa shape index (κ2) is 13.3. The van der Waals surface area contributed by atoms with Crippen LogP contribution in [0.4, 0.5) is 24.7 Å². The lowest BCUT2D eigenvalue weighted by molar-refractivity contribution is -0.141. The van der Waals surface area contributed by atoms with Gasteiger partial charge in [-0.2, -0.15) is 23.5 Å². The number of rotatable bonds is 11. The Bertz CT molecular complexity index is 1740. The molecule has 1 fully saturated rings. The highest BCUT2D eigenvalue weighted by Crippen LogP contribution is 2.37. The fraction of sp³-hybridized carbons (Fsp3) is 0.379. The Hall–Kier alpha value is -5.01. The highest BCUT2D eigenvalue weighted by molar-refractivity contribution is 5.96. The predicted molar refractivity (Wildman–Crippen MR) is 156 cm³/mol. The number of fused-ring (bicyclic) bond motifs is 1. The Morgan fingerprint density at radius 3 is 2.73 bits per heavy atom. The molecule has 0 spiro atoms. The van der Waals surface area contributed by atoms with Gasteiger partial charge in [0.25, 0.3) is 5.91 Å². The third kappa shape index (κ3) is 7.05. The van der Waals surface area contributed by atoms with E-state index in [9.17, 15) is 27.9 Å². The van der Waals surface area contributed by atoms with Crippen molar-refractivity contribution in [2.75, 3.05) is 25.0 Å². The van der Waals surface area contributed by atoms with E-state index >= 15 is 0 Å². The van der Waals surface area contributed by atoms with E-state index < -0.39 is 24.0 Å². The summed E-state index contributed by atoms with van der Waals surface area (Å²) in [6.07, 6.45) is 1.54. The van der Waals surface area contributed by atoms with E-state index in [1.54, 1.807) is 24.3 Å². The topological polar surface area (TPSA) is 174 Å². The van der Waals surface area contributed by atoms with Gasteiger partial charge >= 0.3 is 6.18 Å². The third-order valence-electron chi connectivity index (χ3n) is 7.32. The minimum Gasteiger partial charge on any atom is -0.392 e. The lowest BCUT2D eigenvalue weighted by atomic mass is 10.0. The van der Waals surface area contributed by atoms with Crippen LogP contribution in [0.2, 0.25) is 0 Å². The van der Waals surface area contributed by atoms with Crippen LogP contribution in [0.1, 0.15) is 41.4 Å². The number of halogens is 3. The molecule has 1 saturated heterocycles. The van der Waals surface area contributed by atoms with E-state index in [0.717, 1.165) is 16.4 Å². The number of nitrogens with zero attached hydrogens (tertiary/aromatic N) is 6. The molecule has 5 rings (SSSR count). The number of imidazole rings is 1. The molecule has 13 nitrogen and oxygen atoms in total. The van der Waals surface area contributed by atoms with Crippen molar-refractivity contribution >= 4 is 29.0 Å². The van der Waals surface area contributed by atoms with Gasteiger partial charge in [0.2, 0.25) is 5.91 Å². The van der Waals surface area contributed by atoms with Crippen molar-refractivity contribution < 1.29 is 27.9 Å². The molecule has 2 unspecified atom stereocenters. The Balaban J connectivity index is 1.26. The van der Waals surface area contributed by atoms with Crippen molar-refractivity contribution in [3.63, 3.8) is 0 Å². The van der Waals surface area contributed by atoms with Crippen molar-refractivity contribution in [3.05, 3.63) is 59.8 Å². The SMILES string of the molecule is CCc1cc(Nc2nccn3c(-c4cn(CC#N)nc4C(F)(F)F)cnc23)ccc1C(=O)NCCCNC(=O)C1CC(O)CN1. The summed E-state index contributed by atoms with van der Waals surface area (Å²) in [4.78, 5) is 33.7. The quantitative estimate of drug-likeness (QED) is 0.157. The molecule has 4 heterocycles. The fourth-order valence-electron chi connectivity index (χ4n) is 5.14. The first kappa shape index (κ1) is 31.4. The molecule has 2 atom stereocenters. The molecule has 1 aromatic carbocycles. The lowest BCUT2D eigenvalue weighted by Crippen LogP contribution is -2.41. The lowest BCUT2D eigenvalue weighted by Gasteiger charge is -2.13. The first-order valence-corrected chi connectivity index (χ1v) is 14.3. The Morgan fingerprint density at radius 2 is 2.02 bits per heavy atom. The normalized spacial score (nSPS) is 16.4. The zero-order valence-corrected chi connectivity index (χ0v) is 24.2. The van der Waals surface area contributed by atoms with Crippen LogP contribution in [0, 0.1) is 11.3 Å². The maximum Gasteiger partial charge on any atom is 0.435 e. The fourth-order valence-corrected chi connectivity index (χ4v) is 5.14. The number of benzene rings is 1. The van der Waals surface area contributed by atoms with Gasteiger partial charge in [-0.1, -0.05) is 6.92 Å². The van der Waals surface area contributed by atoms with Crippen molar-refractivity contribution in [1.82, 2.24) is 40.1 Å². The standard InChI is InChI=1S/C29H31F3N10O3/c1-2-17-12-18(4-5-20(17)27(44)35-7-3-8-36-28(45)22-13-19(43)14-37-22)39-25-26-38-15-23(42(26)11-9-34-25)21-16-41(10-6-33)40-24(21)29(30,31)32/h4-5,9,11-12,15-16,19,22,37,43H,2-3,7-8,10,13-14H2,1H3,(H,34,39)(H,35,44)(H,36,45). The number of carbonyl (C=O) groups is 2. The molecule has 45 heavy (non-hydrogen) atoms. The second-order valence-electron chi connectivity index (χ2n) is 10.5. The van der Waals surface area contributed by atoms with Gasteiger partial charge < -0.3 is 26.4 Å². The summed E-state index contributed by atoms with van der Waals surface area (Å²) in [5.41, 5.74) is 0.882. The van der Waals surface area contributed by atoms with Gasteiger partial charge in [-0.3, -0.25) is 18.7 Å². The number of hydrogen-bond donors (Lipinski definition) is 5. The molecule has 236 valence electrons. The average molecular weight is 625 g/mol. The molecular weight excluding hydrogens is 593 g/mol. The average Bonchev–Trinajstić information content (AvgIpc) is 3.75. The summed E-state index contributed by atoms with van der Waals surface area (Å²) in [7, 11) is 0. The number of β-amino-alcohol motifs (C(OH)–C–C–N with tert-alkyl or cyclic N) is 1. The molecule has 0 radical (unpaired) electrons. The summed E-state index contributed by atoms with van der Waals surface area (Å²) in [5, 5.41) is 33.8. The number of alkyl halides is 3. The smallest absolute Gasteiger partial charge is 0.392 e. The first-order valence-electron chi connectivity index (χ1n) is 14.3. The minimum absolute atomic E-state index is 0.127. The number of aryl methyl sites for hydroxylation is 1. The van der Waals surface area contributed by atoms with Gasteiger partial charge in [-0.05, 0) is 43.0 Å². The Kier molecular flexibility index (Phi) is 9.30. The number of nitrogens with one attached hydrogen (secondary N) is 4. The molecule has 1 aliphatic rings. The highest BCUT2D eigenvalue weighted by Gasteiger charge is 2.38. The van der Waals surface area contributed by atoms with E-state index in [0.29, 0.717) is 50.1 Å². The molecule has 1 aliphatic heterocycles. The minimum atomic E-state index is -4.74. The van der Waals surface area contributed by atoms with Crippen LogP contribution < -0.4 is 21.3 Å². The second-order valence-corrected chi connectivity index (χ2v) is 10.5. The molecule has 3 aromatic heterocycles. The van der Waals surface area contributed by atoms with Gasteiger partial charge in [0.15, 0.2) is 17.2 Å². The maximum absolute atomic E-state index is 13.8. The number of carbonyl (C=O) groups excluding carboxylic acids is 2. The van der Waals surface area contributed by atoms with E-state index in [1.165, 1.54) is 23.0 Å². The van der Waals surface area contributed by atoms with E-state index in [1.807, 2.05) is 6.92 Å². The van der Waals surface area contributed by atoms with Crippen LogP contribution in [-0.4, -0.2) is 72.9 Å². The number of nitriles is 1. The van der Waals surface area contributed by atoms with Gasteiger partial charge in [-0.25, -0.2) is 9.97 Å². The molecule has 5 N–H and O–H groups in total.